The third-order valence-electron chi connectivity index (χ3n) is 3.93. The van der Waals surface area contributed by atoms with Crippen LogP contribution in [0.15, 0.2) is 63.9 Å². The summed E-state index contributed by atoms with van der Waals surface area (Å²) in [7, 11) is 2.83. The lowest BCUT2D eigenvalue weighted by Gasteiger charge is -2.18. The monoisotopic (exact) mass is 339 g/mol. The minimum absolute atomic E-state index is 0.215. The van der Waals surface area contributed by atoms with E-state index in [1.807, 2.05) is 0 Å². The lowest BCUT2D eigenvalue weighted by molar-refractivity contribution is -0.136. The van der Waals surface area contributed by atoms with Crippen LogP contribution < -0.4 is 9.64 Å². The van der Waals surface area contributed by atoms with Gasteiger partial charge < -0.3 is 13.9 Å². The van der Waals surface area contributed by atoms with Gasteiger partial charge in [0.1, 0.15) is 11.5 Å². The first-order valence-corrected chi connectivity index (χ1v) is 7.60. The summed E-state index contributed by atoms with van der Waals surface area (Å²) in [5.74, 6) is 0.183. The number of furan rings is 1. The molecule has 1 aromatic carbocycles. The van der Waals surface area contributed by atoms with Crippen LogP contribution in [0.2, 0.25) is 0 Å². The van der Waals surface area contributed by atoms with Gasteiger partial charge in [0.15, 0.2) is 0 Å². The SMILES string of the molecule is COC(=O)C1=C(C)N(c2cccc(OC)c2)C(=O)/C1=C\c1ccco1. The third-order valence-corrected chi connectivity index (χ3v) is 3.93. The maximum atomic E-state index is 13.0. The molecule has 1 aromatic heterocycles. The molecule has 1 aliphatic heterocycles. The molecule has 1 amide bonds. The molecule has 2 heterocycles. The maximum absolute atomic E-state index is 13.0. The molecule has 25 heavy (non-hydrogen) atoms. The number of anilines is 1. The van der Waals surface area contributed by atoms with E-state index < -0.39 is 5.97 Å². The Morgan fingerprint density at radius 1 is 1.20 bits per heavy atom. The largest absolute Gasteiger partial charge is 0.497 e. The van der Waals surface area contributed by atoms with Crippen LogP contribution in [-0.4, -0.2) is 26.1 Å². The number of carbonyl (C=O) groups is 2. The number of hydrogen-bond donors (Lipinski definition) is 0. The number of esters is 1. The smallest absolute Gasteiger partial charge is 0.340 e. The molecule has 1 aliphatic rings. The Balaban J connectivity index is 2.13. The quantitative estimate of drug-likeness (QED) is 0.632. The van der Waals surface area contributed by atoms with Crippen LogP contribution in [0.5, 0.6) is 5.75 Å². The van der Waals surface area contributed by atoms with Crippen molar-refractivity contribution in [2.45, 2.75) is 6.92 Å². The maximum Gasteiger partial charge on any atom is 0.340 e. The van der Waals surface area contributed by atoms with Crippen molar-refractivity contribution >= 4 is 23.6 Å². The number of nitrogens with zero attached hydrogens (tertiary/aromatic N) is 1. The first-order chi connectivity index (χ1) is 12.1. The van der Waals surface area contributed by atoms with E-state index in [1.54, 1.807) is 50.4 Å². The molecule has 2 aromatic rings. The zero-order valence-corrected chi connectivity index (χ0v) is 14.1. The van der Waals surface area contributed by atoms with E-state index in [4.69, 9.17) is 13.9 Å². The van der Waals surface area contributed by atoms with Crippen molar-refractivity contribution < 1.29 is 23.5 Å². The number of carbonyl (C=O) groups excluding carboxylic acids is 2. The van der Waals surface area contributed by atoms with Crippen LogP contribution in [-0.2, 0) is 14.3 Å². The highest BCUT2D eigenvalue weighted by molar-refractivity contribution is 6.23. The minimum Gasteiger partial charge on any atom is -0.497 e. The van der Waals surface area contributed by atoms with Crippen LogP contribution in [0.25, 0.3) is 6.08 Å². The lowest BCUT2D eigenvalue weighted by Crippen LogP contribution is -2.24. The van der Waals surface area contributed by atoms with E-state index >= 15 is 0 Å². The van der Waals surface area contributed by atoms with Gasteiger partial charge in [-0.15, -0.1) is 0 Å². The second-order valence-electron chi connectivity index (χ2n) is 5.37. The van der Waals surface area contributed by atoms with Gasteiger partial charge in [-0.1, -0.05) is 6.07 Å². The van der Waals surface area contributed by atoms with Gasteiger partial charge in [-0.05, 0) is 37.3 Å². The second kappa shape index (κ2) is 6.68. The van der Waals surface area contributed by atoms with Gasteiger partial charge in [0.25, 0.3) is 5.91 Å². The van der Waals surface area contributed by atoms with Crippen molar-refractivity contribution in [3.63, 3.8) is 0 Å². The molecular formula is C19H17NO5. The molecule has 0 fully saturated rings. The fraction of sp³-hybridized carbons (Fsp3) is 0.158. The number of allylic oxidation sites excluding steroid dienone is 1. The highest BCUT2D eigenvalue weighted by Gasteiger charge is 2.38. The topological polar surface area (TPSA) is 69.0 Å². The average Bonchev–Trinajstić information content (AvgIpc) is 3.22. The van der Waals surface area contributed by atoms with E-state index in [2.05, 4.69) is 0 Å². The Labute approximate surface area is 144 Å². The zero-order valence-electron chi connectivity index (χ0n) is 14.1. The number of methoxy groups -OCH3 is 2. The summed E-state index contributed by atoms with van der Waals surface area (Å²) in [4.78, 5) is 26.7. The number of benzene rings is 1. The molecular weight excluding hydrogens is 322 g/mol. The number of rotatable bonds is 4. The normalized spacial score (nSPS) is 15.9. The number of ether oxygens (including phenoxy) is 2. The highest BCUT2D eigenvalue weighted by atomic mass is 16.5. The first-order valence-electron chi connectivity index (χ1n) is 7.60. The molecule has 0 N–H and O–H groups in total. The summed E-state index contributed by atoms with van der Waals surface area (Å²) in [5, 5.41) is 0. The van der Waals surface area contributed by atoms with Crippen molar-refractivity contribution in [2.24, 2.45) is 0 Å². The van der Waals surface area contributed by atoms with Gasteiger partial charge in [0.2, 0.25) is 0 Å². The van der Waals surface area contributed by atoms with E-state index in [9.17, 15) is 9.59 Å². The van der Waals surface area contributed by atoms with Crippen LogP contribution in [0.4, 0.5) is 5.69 Å². The van der Waals surface area contributed by atoms with Gasteiger partial charge in [0, 0.05) is 11.8 Å². The van der Waals surface area contributed by atoms with Gasteiger partial charge in [-0.2, -0.15) is 0 Å². The standard InChI is InChI=1S/C19H17NO5/c1-12-17(19(22)24-3)16(11-15-8-5-9-25-15)18(21)20(12)13-6-4-7-14(10-13)23-2/h4-11H,1-3H3/b16-11-. The summed E-state index contributed by atoms with van der Waals surface area (Å²) in [6, 6.07) is 10.5. The van der Waals surface area contributed by atoms with Gasteiger partial charge in [0.05, 0.1) is 37.3 Å². The predicted octanol–water partition coefficient (Wildman–Crippen LogP) is 3.17. The van der Waals surface area contributed by atoms with Crippen LogP contribution in [0.3, 0.4) is 0 Å². The van der Waals surface area contributed by atoms with Crippen LogP contribution >= 0.6 is 0 Å². The molecule has 0 bridgehead atoms. The summed E-state index contributed by atoms with van der Waals surface area (Å²) >= 11 is 0. The average molecular weight is 339 g/mol. The molecule has 0 unspecified atom stereocenters. The Kier molecular flexibility index (Phi) is 4.43. The molecule has 0 aliphatic carbocycles. The molecule has 0 saturated carbocycles. The summed E-state index contributed by atoms with van der Waals surface area (Å²) in [5.41, 5.74) is 1.53. The van der Waals surface area contributed by atoms with Crippen molar-refractivity contribution in [2.75, 3.05) is 19.1 Å². The number of hydrogen-bond acceptors (Lipinski definition) is 5. The fourth-order valence-corrected chi connectivity index (χ4v) is 2.76. The molecule has 0 atom stereocenters. The van der Waals surface area contributed by atoms with Crippen molar-refractivity contribution in [3.8, 4) is 5.75 Å². The summed E-state index contributed by atoms with van der Waals surface area (Å²) in [6.45, 7) is 1.70. The van der Waals surface area contributed by atoms with Crippen LogP contribution in [0, 0.1) is 0 Å². The van der Waals surface area contributed by atoms with E-state index in [0.29, 0.717) is 22.9 Å². The fourth-order valence-electron chi connectivity index (χ4n) is 2.76. The van der Waals surface area contributed by atoms with Crippen LogP contribution in [0.1, 0.15) is 12.7 Å². The number of amides is 1. The molecule has 0 radical (unpaired) electrons. The van der Waals surface area contributed by atoms with E-state index in [1.165, 1.54) is 24.3 Å². The Morgan fingerprint density at radius 3 is 2.64 bits per heavy atom. The third kappa shape index (κ3) is 2.94. The minimum atomic E-state index is -0.575. The van der Waals surface area contributed by atoms with Crippen molar-refractivity contribution in [3.05, 3.63) is 65.3 Å². The van der Waals surface area contributed by atoms with Gasteiger partial charge >= 0.3 is 5.97 Å². The molecule has 6 nitrogen and oxygen atoms in total. The molecule has 128 valence electrons. The lowest BCUT2D eigenvalue weighted by atomic mass is 10.1. The Hall–Kier alpha value is -3.28. The van der Waals surface area contributed by atoms with Crippen molar-refractivity contribution in [1.29, 1.82) is 0 Å². The van der Waals surface area contributed by atoms with E-state index in [-0.39, 0.29) is 17.1 Å². The summed E-state index contributed by atoms with van der Waals surface area (Å²) in [6.07, 6.45) is 3.04. The highest BCUT2D eigenvalue weighted by Crippen LogP contribution is 2.36. The molecule has 3 rings (SSSR count). The Morgan fingerprint density at radius 2 is 2.00 bits per heavy atom. The molecule has 0 spiro atoms. The second-order valence-corrected chi connectivity index (χ2v) is 5.37. The molecule has 0 saturated heterocycles. The summed E-state index contributed by atoms with van der Waals surface area (Å²) < 4.78 is 15.4. The first kappa shape index (κ1) is 16.6. The van der Waals surface area contributed by atoms with Gasteiger partial charge in [-0.3, -0.25) is 9.69 Å². The van der Waals surface area contributed by atoms with E-state index in [0.717, 1.165) is 0 Å². The van der Waals surface area contributed by atoms with Gasteiger partial charge in [-0.25, -0.2) is 4.79 Å². The Bertz CT molecular complexity index is 877. The predicted molar refractivity (Wildman–Crippen MR) is 91.9 cm³/mol. The zero-order chi connectivity index (χ0) is 18.0. The van der Waals surface area contributed by atoms with Crippen molar-refractivity contribution in [1.82, 2.24) is 0 Å². The molecule has 6 heteroatoms.